The number of esters is 2. The van der Waals surface area contributed by atoms with Crippen LogP contribution >= 0.6 is 17.0 Å². The van der Waals surface area contributed by atoms with Gasteiger partial charge in [0.15, 0.2) is 0 Å². The third-order valence-electron chi connectivity index (χ3n) is 7.79. The SMILES string of the molecule is Br.CN1[C@@H]2C[C@@H](OC(=O)[C@H](COC(=O)CCC3CCCC3)c3ccccc3)C[C@H]1[C@@H]1O[C@@H]12. The van der Waals surface area contributed by atoms with Gasteiger partial charge in [-0.25, -0.2) is 0 Å². The molecule has 0 spiro atoms. The van der Waals surface area contributed by atoms with Crippen molar-refractivity contribution in [2.75, 3.05) is 13.7 Å². The first kappa shape index (κ1) is 23.7. The van der Waals surface area contributed by atoms with E-state index in [1.54, 1.807) is 0 Å². The van der Waals surface area contributed by atoms with Gasteiger partial charge in [-0.05, 0) is 24.9 Å². The molecule has 6 atom stereocenters. The summed E-state index contributed by atoms with van der Waals surface area (Å²) >= 11 is 0. The Kier molecular flexibility index (Phi) is 7.58. The molecule has 1 saturated carbocycles. The highest BCUT2D eigenvalue weighted by Gasteiger charge is 2.62. The number of piperidine rings is 1. The predicted octanol–water partition coefficient (Wildman–Crippen LogP) is 4.02. The van der Waals surface area contributed by atoms with Gasteiger partial charge in [-0.2, -0.15) is 0 Å². The third-order valence-corrected chi connectivity index (χ3v) is 7.79. The molecule has 0 amide bonds. The number of morpholine rings is 1. The lowest BCUT2D eigenvalue weighted by Crippen LogP contribution is -2.48. The van der Waals surface area contributed by atoms with Gasteiger partial charge in [0.05, 0.1) is 0 Å². The Labute approximate surface area is 200 Å². The summed E-state index contributed by atoms with van der Waals surface area (Å²) in [5.41, 5.74) is 0.832. The summed E-state index contributed by atoms with van der Waals surface area (Å²) in [6, 6.07) is 10.2. The summed E-state index contributed by atoms with van der Waals surface area (Å²) < 4.78 is 17.3. The first-order valence-electron chi connectivity index (χ1n) is 11.9. The zero-order chi connectivity index (χ0) is 21.4. The molecule has 1 aromatic carbocycles. The number of benzene rings is 1. The molecular weight excluding hydrogens is 474 g/mol. The molecule has 0 unspecified atom stereocenters. The predicted molar refractivity (Wildman–Crippen MR) is 125 cm³/mol. The van der Waals surface area contributed by atoms with Crippen LogP contribution in [0.1, 0.15) is 62.8 Å². The van der Waals surface area contributed by atoms with E-state index in [0.29, 0.717) is 36.6 Å². The van der Waals surface area contributed by atoms with Crippen molar-refractivity contribution >= 4 is 28.9 Å². The summed E-state index contributed by atoms with van der Waals surface area (Å²) in [5.74, 6) is -0.439. The zero-order valence-electron chi connectivity index (χ0n) is 18.7. The number of nitrogens with zero attached hydrogens (tertiary/aromatic N) is 1. The second kappa shape index (κ2) is 10.2. The van der Waals surface area contributed by atoms with Gasteiger partial charge in [0.1, 0.15) is 30.8 Å². The topological polar surface area (TPSA) is 68.4 Å². The van der Waals surface area contributed by atoms with Crippen molar-refractivity contribution in [2.24, 2.45) is 5.92 Å². The smallest absolute Gasteiger partial charge is 0.317 e. The van der Waals surface area contributed by atoms with E-state index in [0.717, 1.165) is 24.8 Å². The molecule has 6 nitrogen and oxygen atoms in total. The Morgan fingerprint density at radius 2 is 1.75 bits per heavy atom. The average Bonchev–Trinajstić information content (AvgIpc) is 3.34. The van der Waals surface area contributed by atoms with Crippen molar-refractivity contribution in [1.82, 2.24) is 4.90 Å². The summed E-state index contributed by atoms with van der Waals surface area (Å²) in [6.45, 7) is 0.0419. The normalized spacial score (nSPS) is 32.0. The summed E-state index contributed by atoms with van der Waals surface area (Å²) in [7, 11) is 2.14. The molecule has 2 bridgehead atoms. The molecule has 3 aliphatic heterocycles. The molecule has 0 N–H and O–H groups in total. The minimum Gasteiger partial charge on any atom is -0.464 e. The second-order valence-electron chi connectivity index (χ2n) is 9.73. The molecule has 4 aliphatic rings. The summed E-state index contributed by atoms with van der Waals surface area (Å²) in [5, 5.41) is 0. The molecule has 7 heteroatoms. The number of carbonyl (C=O) groups is 2. The fourth-order valence-corrected chi connectivity index (χ4v) is 5.90. The summed E-state index contributed by atoms with van der Waals surface area (Å²) in [6.07, 6.45) is 8.44. The quantitative estimate of drug-likeness (QED) is 0.391. The van der Waals surface area contributed by atoms with E-state index in [-0.39, 0.29) is 41.6 Å². The fourth-order valence-electron chi connectivity index (χ4n) is 5.90. The first-order chi connectivity index (χ1) is 15.1. The lowest BCUT2D eigenvalue weighted by atomic mass is 9.97. The van der Waals surface area contributed by atoms with Gasteiger partial charge in [0.2, 0.25) is 0 Å². The molecule has 4 fully saturated rings. The maximum atomic E-state index is 13.1. The van der Waals surface area contributed by atoms with E-state index >= 15 is 0 Å². The summed E-state index contributed by atoms with van der Waals surface area (Å²) in [4.78, 5) is 27.8. The minimum absolute atomic E-state index is 0. The van der Waals surface area contributed by atoms with Crippen LogP contribution < -0.4 is 0 Å². The van der Waals surface area contributed by atoms with Crippen LogP contribution in [0.5, 0.6) is 0 Å². The van der Waals surface area contributed by atoms with Crippen molar-refractivity contribution in [1.29, 1.82) is 0 Å². The lowest BCUT2D eigenvalue weighted by molar-refractivity contribution is -0.159. The van der Waals surface area contributed by atoms with Gasteiger partial charge < -0.3 is 14.2 Å². The second-order valence-corrected chi connectivity index (χ2v) is 9.73. The van der Waals surface area contributed by atoms with Crippen LogP contribution in [0.3, 0.4) is 0 Å². The fraction of sp³-hybridized carbons (Fsp3) is 0.680. The van der Waals surface area contributed by atoms with Crippen LogP contribution in [0.4, 0.5) is 0 Å². The number of hydrogen-bond acceptors (Lipinski definition) is 6. The van der Waals surface area contributed by atoms with Crippen molar-refractivity contribution < 1.29 is 23.8 Å². The number of carbonyl (C=O) groups excluding carboxylic acids is 2. The van der Waals surface area contributed by atoms with Crippen LogP contribution in [0.2, 0.25) is 0 Å². The molecule has 5 rings (SSSR count). The van der Waals surface area contributed by atoms with Crippen LogP contribution in [0.15, 0.2) is 30.3 Å². The molecule has 0 aromatic heterocycles. The Balaban J connectivity index is 0.00000245. The number of fused-ring (bicyclic) bond motifs is 5. The van der Waals surface area contributed by atoms with Gasteiger partial charge in [-0.3, -0.25) is 14.5 Å². The van der Waals surface area contributed by atoms with Gasteiger partial charge in [0.25, 0.3) is 0 Å². The molecular formula is C25H34BrNO5. The van der Waals surface area contributed by atoms with Gasteiger partial charge in [-0.1, -0.05) is 56.0 Å². The number of rotatable bonds is 8. The van der Waals surface area contributed by atoms with E-state index in [9.17, 15) is 9.59 Å². The van der Waals surface area contributed by atoms with Crippen LogP contribution in [0.25, 0.3) is 0 Å². The third kappa shape index (κ3) is 5.05. The highest BCUT2D eigenvalue weighted by molar-refractivity contribution is 8.93. The number of likely N-dealkylation sites (N-methyl/N-ethyl adjacent to an activating group) is 1. The Hall–Kier alpha value is -1.44. The molecule has 1 aliphatic carbocycles. The van der Waals surface area contributed by atoms with Crippen LogP contribution in [-0.2, 0) is 23.8 Å². The zero-order valence-corrected chi connectivity index (χ0v) is 20.4. The van der Waals surface area contributed by atoms with E-state index < -0.39 is 5.92 Å². The lowest BCUT2D eigenvalue weighted by Gasteiger charge is -2.38. The van der Waals surface area contributed by atoms with Crippen molar-refractivity contribution in [3.63, 3.8) is 0 Å². The van der Waals surface area contributed by atoms with E-state index in [4.69, 9.17) is 14.2 Å². The molecule has 0 radical (unpaired) electrons. The van der Waals surface area contributed by atoms with Gasteiger partial charge >= 0.3 is 11.9 Å². The van der Waals surface area contributed by atoms with Crippen molar-refractivity contribution in [2.45, 2.75) is 87.7 Å². The molecule has 176 valence electrons. The number of epoxide rings is 1. The van der Waals surface area contributed by atoms with Crippen LogP contribution in [0, 0.1) is 5.92 Å². The largest absolute Gasteiger partial charge is 0.464 e. The van der Waals surface area contributed by atoms with Gasteiger partial charge in [0, 0.05) is 31.3 Å². The van der Waals surface area contributed by atoms with E-state index in [1.165, 1.54) is 25.7 Å². The Morgan fingerprint density at radius 3 is 2.41 bits per heavy atom. The average molecular weight is 508 g/mol. The Bertz CT molecular complexity index is 781. The molecule has 32 heavy (non-hydrogen) atoms. The maximum Gasteiger partial charge on any atom is 0.317 e. The number of ether oxygens (including phenoxy) is 3. The highest BCUT2D eigenvalue weighted by atomic mass is 79.9. The molecule has 1 aromatic rings. The van der Waals surface area contributed by atoms with Crippen molar-refractivity contribution in [3.05, 3.63) is 35.9 Å². The maximum absolute atomic E-state index is 13.1. The highest BCUT2D eigenvalue weighted by Crippen LogP contribution is 2.48. The minimum atomic E-state index is -0.584. The number of halogens is 1. The number of hydrogen-bond donors (Lipinski definition) is 0. The first-order valence-corrected chi connectivity index (χ1v) is 11.9. The van der Waals surface area contributed by atoms with E-state index in [1.807, 2.05) is 30.3 Å². The standard InChI is InChI=1S/C25H33NO5.BrH/c1-26-20-13-18(14-21(26)24-23(20)31-24)30-25(28)19(17-9-3-2-4-10-17)15-29-22(27)12-11-16-7-5-6-8-16;/h2-4,9-10,16,18-21,23-24H,5-8,11-15H2,1H3;1H/t18-,19-,20-,21+,23-,24+;/m1./s1. The van der Waals surface area contributed by atoms with Crippen molar-refractivity contribution in [3.8, 4) is 0 Å². The van der Waals surface area contributed by atoms with E-state index in [2.05, 4.69) is 11.9 Å². The molecule has 3 saturated heterocycles. The monoisotopic (exact) mass is 507 g/mol. The molecule has 3 heterocycles. The Morgan fingerprint density at radius 1 is 1.09 bits per heavy atom. The van der Waals surface area contributed by atoms with Crippen LogP contribution in [-0.4, -0.2) is 60.9 Å². The van der Waals surface area contributed by atoms with Gasteiger partial charge in [-0.15, -0.1) is 17.0 Å².